The number of rotatable bonds is 3. The Morgan fingerprint density at radius 1 is 0.941 bits per heavy atom. The van der Waals surface area contributed by atoms with E-state index in [0.29, 0.717) is 22.9 Å². The number of benzene rings is 3. The highest BCUT2D eigenvalue weighted by Gasteiger charge is 2.30. The Labute approximate surface area is 196 Å². The third-order valence-corrected chi connectivity index (χ3v) is 5.97. The van der Waals surface area contributed by atoms with E-state index in [0.717, 1.165) is 34.4 Å². The maximum absolute atomic E-state index is 13.2. The Hall–Kier alpha value is -4.26. The van der Waals surface area contributed by atoms with Crippen LogP contribution in [0, 0.1) is 0 Å². The van der Waals surface area contributed by atoms with E-state index < -0.39 is 0 Å². The van der Waals surface area contributed by atoms with E-state index in [4.69, 9.17) is 14.2 Å². The fraction of sp³-hybridized carbons (Fsp3) is 0.185. The van der Waals surface area contributed by atoms with Crippen LogP contribution >= 0.6 is 0 Å². The van der Waals surface area contributed by atoms with Crippen LogP contribution in [0.1, 0.15) is 19.4 Å². The lowest BCUT2D eigenvalue weighted by Crippen LogP contribution is -2.24. The molecular formula is C27H23N3O4. The van der Waals surface area contributed by atoms with E-state index in [1.54, 1.807) is 6.20 Å². The Morgan fingerprint density at radius 3 is 2.59 bits per heavy atom. The Bertz CT molecular complexity index is 1410. The number of fused-ring (bicyclic) bond motifs is 2. The molecule has 0 fully saturated rings. The van der Waals surface area contributed by atoms with E-state index in [9.17, 15) is 4.79 Å². The molecule has 3 aromatic carbocycles. The van der Waals surface area contributed by atoms with Crippen molar-refractivity contribution in [2.75, 3.05) is 12.1 Å². The molecule has 4 aromatic rings. The maximum Gasteiger partial charge on any atom is 0.346 e. The summed E-state index contributed by atoms with van der Waals surface area (Å²) in [6.45, 7) is 4.31. The number of anilines is 1. The van der Waals surface area contributed by atoms with Crippen molar-refractivity contribution in [3.05, 3.63) is 78.5 Å². The highest BCUT2D eigenvalue weighted by Crippen LogP contribution is 2.39. The normalized spacial score (nSPS) is 15.0. The van der Waals surface area contributed by atoms with Gasteiger partial charge < -0.3 is 19.5 Å². The number of nitrogens with zero attached hydrogens (tertiary/aromatic N) is 2. The molecule has 0 unspecified atom stereocenters. The summed E-state index contributed by atoms with van der Waals surface area (Å²) in [4.78, 5) is 13.2. The third-order valence-electron chi connectivity index (χ3n) is 5.97. The fourth-order valence-electron chi connectivity index (χ4n) is 4.43. The van der Waals surface area contributed by atoms with Crippen molar-refractivity contribution >= 4 is 11.7 Å². The van der Waals surface area contributed by atoms with Crippen molar-refractivity contribution in [1.82, 2.24) is 9.78 Å². The zero-order valence-electron chi connectivity index (χ0n) is 18.9. The van der Waals surface area contributed by atoms with Crippen molar-refractivity contribution in [3.63, 3.8) is 0 Å². The molecule has 0 aliphatic carbocycles. The molecule has 0 bridgehead atoms. The van der Waals surface area contributed by atoms with Crippen LogP contribution in [0.3, 0.4) is 0 Å². The second-order valence-corrected chi connectivity index (χ2v) is 9.06. The van der Waals surface area contributed by atoms with Gasteiger partial charge in [0.25, 0.3) is 0 Å². The minimum atomic E-state index is -0.345. The average Bonchev–Trinajstić information content (AvgIpc) is 3.54. The predicted octanol–water partition coefficient (Wildman–Crippen LogP) is 5.74. The summed E-state index contributed by atoms with van der Waals surface area (Å²) in [6.07, 6.45) is 2.55. The van der Waals surface area contributed by atoms with Crippen LogP contribution in [-0.4, -0.2) is 28.2 Å². The van der Waals surface area contributed by atoms with E-state index in [1.165, 1.54) is 4.68 Å². The molecule has 1 N–H and O–H groups in total. The summed E-state index contributed by atoms with van der Waals surface area (Å²) >= 11 is 0. The van der Waals surface area contributed by atoms with Crippen LogP contribution in [0.15, 0.2) is 72.9 Å². The minimum Gasteiger partial charge on any atom is -0.487 e. The van der Waals surface area contributed by atoms with Gasteiger partial charge in [0, 0.05) is 35.0 Å². The second kappa shape index (κ2) is 7.66. The third kappa shape index (κ3) is 3.65. The number of ether oxygens (including phenoxy) is 3. The molecule has 6 rings (SSSR count). The van der Waals surface area contributed by atoms with Crippen LogP contribution < -0.4 is 19.5 Å². The first kappa shape index (κ1) is 20.4. The van der Waals surface area contributed by atoms with Gasteiger partial charge in [-0.2, -0.15) is 9.78 Å². The lowest BCUT2D eigenvalue weighted by molar-refractivity contribution is 0.138. The smallest absolute Gasteiger partial charge is 0.346 e. The maximum atomic E-state index is 13.2. The highest BCUT2D eigenvalue weighted by molar-refractivity contribution is 5.93. The standard InChI is InChI=1S/C27H23N3O4/c1-27(2)14-19-12-20(9-11-22(19)34-27)28-26(31)30-15-21(17-6-4-3-5-7-17)25(29-30)18-8-10-23-24(13-18)33-16-32-23/h3-13,15H,14,16H2,1-2H3,(H,28,31). The van der Waals surface area contributed by atoms with Crippen LogP contribution in [0.5, 0.6) is 17.2 Å². The van der Waals surface area contributed by atoms with Gasteiger partial charge in [0.15, 0.2) is 11.5 Å². The Balaban J connectivity index is 1.34. The number of hydrogen-bond acceptors (Lipinski definition) is 5. The van der Waals surface area contributed by atoms with E-state index in [-0.39, 0.29) is 18.4 Å². The van der Waals surface area contributed by atoms with Gasteiger partial charge in [-0.1, -0.05) is 30.3 Å². The van der Waals surface area contributed by atoms with Crippen LogP contribution in [0.4, 0.5) is 10.5 Å². The van der Waals surface area contributed by atoms with Gasteiger partial charge in [-0.05, 0) is 55.8 Å². The molecule has 7 nitrogen and oxygen atoms in total. The minimum absolute atomic E-state index is 0.199. The number of carbonyl (C=O) groups is 1. The summed E-state index contributed by atoms with van der Waals surface area (Å²) in [5.74, 6) is 2.23. The van der Waals surface area contributed by atoms with Gasteiger partial charge in [0.05, 0.1) is 0 Å². The fourth-order valence-corrected chi connectivity index (χ4v) is 4.43. The van der Waals surface area contributed by atoms with Gasteiger partial charge in [0.2, 0.25) is 6.79 Å². The largest absolute Gasteiger partial charge is 0.487 e. The summed E-state index contributed by atoms with van der Waals surface area (Å²) in [5.41, 5.74) is 4.87. The van der Waals surface area contributed by atoms with Crippen LogP contribution in [-0.2, 0) is 6.42 Å². The van der Waals surface area contributed by atoms with E-state index in [2.05, 4.69) is 24.3 Å². The number of nitrogens with one attached hydrogen (secondary N) is 1. The molecular weight excluding hydrogens is 430 g/mol. The molecule has 0 radical (unpaired) electrons. The number of hydrogen-bond donors (Lipinski definition) is 1. The lowest BCUT2D eigenvalue weighted by Gasteiger charge is -2.16. The SMILES string of the molecule is CC1(C)Cc2cc(NC(=O)n3cc(-c4ccccc4)c(-c4ccc5c(c4)OCO5)n3)ccc2O1. The Kier molecular flexibility index (Phi) is 4.58. The Morgan fingerprint density at radius 2 is 1.74 bits per heavy atom. The zero-order valence-corrected chi connectivity index (χ0v) is 18.9. The van der Waals surface area contributed by atoms with E-state index in [1.807, 2.05) is 66.7 Å². The monoisotopic (exact) mass is 453 g/mol. The first-order valence-corrected chi connectivity index (χ1v) is 11.1. The molecule has 1 aromatic heterocycles. The molecule has 2 aliphatic heterocycles. The topological polar surface area (TPSA) is 74.6 Å². The molecule has 0 saturated carbocycles. The molecule has 7 heteroatoms. The van der Waals surface area contributed by atoms with Gasteiger partial charge >= 0.3 is 6.03 Å². The first-order chi connectivity index (χ1) is 16.4. The van der Waals surface area contributed by atoms with E-state index >= 15 is 0 Å². The number of aromatic nitrogens is 2. The van der Waals surface area contributed by atoms with Crippen molar-refractivity contribution in [2.45, 2.75) is 25.9 Å². The molecule has 34 heavy (non-hydrogen) atoms. The summed E-state index contributed by atoms with van der Waals surface area (Å²) in [5, 5.41) is 7.62. The van der Waals surface area contributed by atoms with Gasteiger partial charge in [-0.3, -0.25) is 0 Å². The molecule has 2 aliphatic rings. The van der Waals surface area contributed by atoms with Crippen molar-refractivity contribution in [2.24, 2.45) is 0 Å². The second-order valence-electron chi connectivity index (χ2n) is 9.06. The molecule has 1 amide bonds. The average molecular weight is 453 g/mol. The first-order valence-electron chi connectivity index (χ1n) is 11.1. The molecule has 0 saturated heterocycles. The summed E-state index contributed by atoms with van der Waals surface area (Å²) < 4.78 is 18.3. The zero-order chi connectivity index (χ0) is 23.3. The van der Waals surface area contributed by atoms with Crippen molar-refractivity contribution in [3.8, 4) is 39.6 Å². The molecule has 0 spiro atoms. The predicted molar refractivity (Wildman–Crippen MR) is 128 cm³/mol. The lowest BCUT2D eigenvalue weighted by atomic mass is 10.0. The number of carbonyl (C=O) groups excluding carboxylic acids is 1. The quantitative estimate of drug-likeness (QED) is 0.428. The number of amides is 1. The van der Waals surface area contributed by atoms with Gasteiger partial charge in [-0.15, -0.1) is 0 Å². The van der Waals surface area contributed by atoms with Crippen LogP contribution in [0.25, 0.3) is 22.4 Å². The van der Waals surface area contributed by atoms with Gasteiger partial charge in [0.1, 0.15) is 17.0 Å². The summed E-state index contributed by atoms with van der Waals surface area (Å²) in [7, 11) is 0. The van der Waals surface area contributed by atoms with Crippen LogP contribution in [0.2, 0.25) is 0 Å². The van der Waals surface area contributed by atoms with Gasteiger partial charge in [-0.25, -0.2) is 4.79 Å². The highest BCUT2D eigenvalue weighted by atomic mass is 16.7. The molecule has 3 heterocycles. The van der Waals surface area contributed by atoms with Crippen molar-refractivity contribution in [1.29, 1.82) is 0 Å². The molecule has 0 atom stereocenters. The summed E-state index contributed by atoms with van der Waals surface area (Å²) in [6, 6.07) is 20.9. The van der Waals surface area contributed by atoms with Crippen molar-refractivity contribution < 1.29 is 19.0 Å². The molecule has 170 valence electrons.